The average Bonchev–Trinajstić information content (AvgIpc) is 3.22. The third-order valence-corrected chi connectivity index (χ3v) is 11.2. The van der Waals surface area contributed by atoms with Gasteiger partial charge in [0, 0.05) is 43.7 Å². The zero-order valence-electron chi connectivity index (χ0n) is 31.5. The maximum absolute atomic E-state index is 13.2. The molecular weight excluding hydrogens is 711 g/mol. The summed E-state index contributed by atoms with van der Waals surface area (Å²) in [5.74, 6) is 0.816. The summed E-state index contributed by atoms with van der Waals surface area (Å²) in [4.78, 5) is 46.2. The number of fused-ring (bicyclic) bond motifs is 4. The number of carboxylic acid groups (broad SMARTS) is 1. The number of amides is 2. The number of aliphatic hydroxyl groups is 1. The number of H-pyrrole nitrogens is 1. The Balaban J connectivity index is 0.920. The molecule has 8 rings (SSSR count). The first-order chi connectivity index (χ1) is 27.2. The van der Waals surface area contributed by atoms with Crippen molar-refractivity contribution in [2.45, 2.75) is 44.1 Å². The number of aliphatic hydroxyl groups excluding tert-OH is 1. The van der Waals surface area contributed by atoms with Gasteiger partial charge in [-0.05, 0) is 103 Å². The van der Waals surface area contributed by atoms with Crippen LogP contribution in [0.1, 0.15) is 64.0 Å². The highest BCUT2D eigenvalue weighted by molar-refractivity contribution is 5.94. The van der Waals surface area contributed by atoms with Gasteiger partial charge in [0.05, 0.1) is 23.7 Å². The lowest BCUT2D eigenvalue weighted by molar-refractivity contribution is -0.000814. The molecule has 4 heterocycles. The number of phenols is 1. The van der Waals surface area contributed by atoms with Crippen LogP contribution in [0.4, 0.5) is 4.79 Å². The van der Waals surface area contributed by atoms with Crippen LogP contribution in [-0.2, 0) is 6.61 Å². The van der Waals surface area contributed by atoms with E-state index in [1.54, 1.807) is 41.1 Å². The zero-order chi connectivity index (χ0) is 39.2. The monoisotopic (exact) mass is 759 g/mol. The van der Waals surface area contributed by atoms with Gasteiger partial charge in [0.1, 0.15) is 18.1 Å². The predicted molar refractivity (Wildman–Crippen MR) is 214 cm³/mol. The molecule has 4 aromatic carbocycles. The van der Waals surface area contributed by atoms with E-state index < -0.39 is 18.2 Å². The molecule has 3 saturated heterocycles. The Kier molecular flexibility index (Phi) is 12.0. The number of benzene rings is 4. The molecule has 0 aliphatic carbocycles. The summed E-state index contributed by atoms with van der Waals surface area (Å²) in [6.07, 6.45) is 0.911. The standard InChI is InChI=1S/C44H49N5O7/c1-47(22-6-21-45-26-39(51)35-15-17-38(50)41-36(35)16-18-40(52)46-41)43(53)32-13-11-29(12-14-32)28-56-34-10-5-9-33(25-34)42(31-7-3-2-4-8-31)49(44(54)55)37-27-48-23-19-30(37)20-24-48/h2-5,7-18,25,30,37,39,42,45,50-51H,6,19-24,26-28H2,1H3,(H,46,52)(H,54,55). The van der Waals surface area contributed by atoms with Crippen molar-refractivity contribution in [1.82, 2.24) is 25.0 Å². The lowest BCUT2D eigenvalue weighted by Crippen LogP contribution is -2.59. The van der Waals surface area contributed by atoms with Crippen LogP contribution in [0, 0.1) is 5.92 Å². The number of nitrogens with zero attached hydrogens (tertiary/aromatic N) is 3. The predicted octanol–water partition coefficient (Wildman–Crippen LogP) is 5.76. The first-order valence-electron chi connectivity index (χ1n) is 19.3. The van der Waals surface area contributed by atoms with Crippen LogP contribution >= 0.6 is 0 Å². The van der Waals surface area contributed by atoms with Crippen LogP contribution in [0.25, 0.3) is 10.9 Å². The normalized spacial score (nSPS) is 18.6. The van der Waals surface area contributed by atoms with E-state index in [1.807, 2.05) is 66.7 Å². The van der Waals surface area contributed by atoms with Gasteiger partial charge in [-0.2, -0.15) is 0 Å². The van der Waals surface area contributed by atoms with Gasteiger partial charge in [0.25, 0.3) is 5.91 Å². The average molecular weight is 760 g/mol. The quantitative estimate of drug-likeness (QED) is 0.0837. The highest BCUT2D eigenvalue weighted by atomic mass is 16.5. The second-order valence-corrected chi connectivity index (χ2v) is 14.9. The fraction of sp³-hybridized carbons (Fsp3) is 0.341. The molecule has 1 aromatic heterocycles. The van der Waals surface area contributed by atoms with Crippen molar-refractivity contribution in [3.05, 3.63) is 141 Å². The number of phenolic OH excluding ortho intramolecular Hbond substituents is 1. The Morgan fingerprint density at radius 1 is 0.946 bits per heavy atom. The minimum absolute atomic E-state index is 0.0577. The van der Waals surface area contributed by atoms with E-state index in [0.717, 1.165) is 49.2 Å². The van der Waals surface area contributed by atoms with Gasteiger partial charge >= 0.3 is 6.09 Å². The van der Waals surface area contributed by atoms with Gasteiger partial charge < -0.3 is 40.2 Å². The number of aromatic hydroxyl groups is 1. The molecular formula is C44H49N5O7. The van der Waals surface area contributed by atoms with E-state index in [9.17, 15) is 29.7 Å². The van der Waals surface area contributed by atoms with E-state index in [2.05, 4.69) is 15.2 Å². The molecule has 12 heteroatoms. The van der Waals surface area contributed by atoms with E-state index in [0.29, 0.717) is 47.7 Å². The van der Waals surface area contributed by atoms with E-state index in [1.165, 1.54) is 12.1 Å². The van der Waals surface area contributed by atoms with Crippen molar-refractivity contribution in [3.8, 4) is 11.5 Å². The number of carbonyl (C=O) groups excluding carboxylic acids is 1. The van der Waals surface area contributed by atoms with Gasteiger partial charge in [-0.1, -0.05) is 60.7 Å². The van der Waals surface area contributed by atoms with Crippen molar-refractivity contribution >= 4 is 22.9 Å². The largest absolute Gasteiger partial charge is 0.506 e. The topological polar surface area (TPSA) is 159 Å². The minimum atomic E-state index is -0.919. The molecule has 12 nitrogen and oxygen atoms in total. The summed E-state index contributed by atoms with van der Waals surface area (Å²) < 4.78 is 6.23. The van der Waals surface area contributed by atoms with Crippen LogP contribution in [0.15, 0.2) is 108 Å². The third kappa shape index (κ3) is 8.73. The molecule has 0 spiro atoms. The van der Waals surface area contributed by atoms with Gasteiger partial charge in [0.2, 0.25) is 5.56 Å². The van der Waals surface area contributed by atoms with Gasteiger partial charge in [-0.3, -0.25) is 14.5 Å². The van der Waals surface area contributed by atoms with Crippen LogP contribution in [-0.4, -0.2) is 99.4 Å². The van der Waals surface area contributed by atoms with Gasteiger partial charge in [0.15, 0.2) is 0 Å². The number of ether oxygens (including phenoxy) is 1. The number of hydrogen-bond donors (Lipinski definition) is 5. The molecule has 3 atom stereocenters. The fourth-order valence-corrected chi connectivity index (χ4v) is 8.19. The summed E-state index contributed by atoms with van der Waals surface area (Å²) in [7, 11) is 1.76. The van der Waals surface area contributed by atoms with Crippen molar-refractivity contribution < 1.29 is 29.6 Å². The summed E-state index contributed by atoms with van der Waals surface area (Å²) in [5, 5.41) is 35.4. The Labute approximate surface area is 326 Å². The molecule has 3 aliphatic rings. The maximum Gasteiger partial charge on any atom is 0.408 e. The Hall–Kier alpha value is -5.69. The summed E-state index contributed by atoms with van der Waals surface area (Å²) in [6.45, 7) is 4.43. The Morgan fingerprint density at radius 2 is 1.70 bits per heavy atom. The molecule has 0 saturated carbocycles. The number of pyridine rings is 1. The molecule has 5 aromatic rings. The molecule has 2 bridgehead atoms. The van der Waals surface area contributed by atoms with Crippen molar-refractivity contribution in [2.75, 3.05) is 46.3 Å². The molecule has 56 heavy (non-hydrogen) atoms. The van der Waals surface area contributed by atoms with Gasteiger partial charge in [-0.25, -0.2) is 4.79 Å². The van der Waals surface area contributed by atoms with Crippen molar-refractivity contribution in [3.63, 3.8) is 0 Å². The molecule has 2 amide bonds. The van der Waals surface area contributed by atoms with Crippen LogP contribution in [0.3, 0.4) is 0 Å². The number of hydrogen-bond acceptors (Lipinski definition) is 8. The minimum Gasteiger partial charge on any atom is -0.506 e. The Morgan fingerprint density at radius 3 is 2.41 bits per heavy atom. The summed E-state index contributed by atoms with van der Waals surface area (Å²) >= 11 is 0. The van der Waals surface area contributed by atoms with E-state index in [4.69, 9.17) is 4.74 Å². The number of aromatic nitrogens is 1. The number of nitrogens with one attached hydrogen (secondary N) is 2. The van der Waals surface area contributed by atoms with Crippen LogP contribution < -0.4 is 15.6 Å². The Bertz CT molecular complexity index is 2190. The summed E-state index contributed by atoms with van der Waals surface area (Å²) in [6, 6.07) is 30.4. The first kappa shape index (κ1) is 38.6. The first-order valence-corrected chi connectivity index (χ1v) is 19.3. The lowest BCUT2D eigenvalue weighted by atomic mass is 9.81. The molecule has 3 aliphatic heterocycles. The molecule has 3 fully saturated rings. The number of carbonyl (C=O) groups is 2. The highest BCUT2D eigenvalue weighted by Crippen LogP contribution is 2.39. The highest BCUT2D eigenvalue weighted by Gasteiger charge is 2.43. The number of aromatic amines is 1. The second kappa shape index (κ2) is 17.4. The van der Waals surface area contributed by atoms with Gasteiger partial charge in [-0.15, -0.1) is 0 Å². The van der Waals surface area contributed by atoms with E-state index in [-0.39, 0.29) is 41.9 Å². The molecule has 5 N–H and O–H groups in total. The smallest absolute Gasteiger partial charge is 0.408 e. The molecule has 292 valence electrons. The maximum atomic E-state index is 13.2. The summed E-state index contributed by atoms with van der Waals surface area (Å²) in [5.41, 5.74) is 3.78. The van der Waals surface area contributed by atoms with E-state index >= 15 is 0 Å². The molecule has 0 radical (unpaired) electrons. The second-order valence-electron chi connectivity index (χ2n) is 14.9. The number of piperidine rings is 3. The van der Waals surface area contributed by atoms with Crippen molar-refractivity contribution in [1.29, 1.82) is 0 Å². The fourth-order valence-electron chi connectivity index (χ4n) is 8.19. The zero-order valence-corrected chi connectivity index (χ0v) is 31.5. The van der Waals surface area contributed by atoms with Crippen molar-refractivity contribution in [2.24, 2.45) is 5.92 Å². The SMILES string of the molecule is CN(CCCNCC(O)c1ccc(O)c2[nH]c(=O)ccc12)C(=O)c1ccc(COc2cccc(C(c3ccccc3)N(C(=O)O)C3CN4CCC3CC4)c2)cc1. The third-order valence-electron chi connectivity index (χ3n) is 11.2. The van der Waals surface area contributed by atoms with Crippen LogP contribution in [0.2, 0.25) is 0 Å². The van der Waals surface area contributed by atoms with Crippen LogP contribution in [0.5, 0.6) is 11.5 Å². The number of rotatable bonds is 15. The molecule has 3 unspecified atom stereocenters. The lowest BCUT2D eigenvalue weighted by Gasteiger charge is -2.50.